The number of thiophene rings is 1. The summed E-state index contributed by atoms with van der Waals surface area (Å²) < 4.78 is 54.9. The topological polar surface area (TPSA) is 99.5 Å². The first-order valence-electron chi connectivity index (χ1n) is 14.7. The lowest BCUT2D eigenvalue weighted by atomic mass is 9.91. The second-order valence-corrected chi connectivity index (χ2v) is 12.2. The molecule has 13 heteroatoms. The first kappa shape index (κ1) is 29.2. The van der Waals surface area contributed by atoms with E-state index in [2.05, 4.69) is 4.74 Å². The average Bonchev–Trinajstić information content (AvgIpc) is 3.42. The van der Waals surface area contributed by atoms with Gasteiger partial charge in [0.05, 0.1) is 26.4 Å². The second kappa shape index (κ2) is 11.2. The zero-order chi connectivity index (χ0) is 32.4. The van der Waals surface area contributed by atoms with Gasteiger partial charge in [0.15, 0.2) is 17.3 Å². The molecule has 1 fully saturated rings. The van der Waals surface area contributed by atoms with E-state index in [9.17, 15) is 14.4 Å². The number of nitrogens with zero attached hydrogens (tertiary/aromatic N) is 3. The molecule has 5 aromatic rings. The van der Waals surface area contributed by atoms with Crippen LogP contribution in [0.1, 0.15) is 27.7 Å². The fraction of sp³-hybridized carbons (Fsp3) is 0.206. The molecule has 8 rings (SSSR count). The predicted octanol–water partition coefficient (Wildman–Crippen LogP) is 5.65. The largest absolute Gasteiger partial charge is 0.510 e. The molecule has 1 amide bonds. The monoisotopic (exact) mass is 657 g/mol. The number of carbonyl (C=O) groups excluding carboxylic acids is 2. The second-order valence-electron chi connectivity index (χ2n) is 11.1. The number of morpholine rings is 1. The number of methoxy groups -OCH3 is 1. The van der Waals surface area contributed by atoms with Crippen LogP contribution in [-0.2, 0) is 14.2 Å². The minimum Gasteiger partial charge on any atom is -0.451 e. The smallest absolute Gasteiger partial charge is 0.451 e. The number of pyridine rings is 1. The number of aromatic nitrogens is 1. The van der Waals surface area contributed by atoms with Crippen molar-refractivity contribution in [1.82, 2.24) is 9.58 Å². The van der Waals surface area contributed by atoms with Gasteiger partial charge >= 0.3 is 6.16 Å². The average molecular weight is 658 g/mol. The number of fused-ring (bicyclic) bond motifs is 9. The van der Waals surface area contributed by atoms with Crippen molar-refractivity contribution in [1.29, 1.82) is 0 Å². The van der Waals surface area contributed by atoms with Crippen molar-refractivity contribution in [3.8, 4) is 27.3 Å². The highest BCUT2D eigenvalue weighted by Gasteiger charge is 2.47. The molecule has 2 unspecified atom stereocenters. The normalized spacial score (nSPS) is 18.0. The Bertz CT molecular complexity index is 2170. The Labute approximate surface area is 269 Å². The number of hydrogen-bond donors (Lipinski definition) is 0. The molecule has 0 radical (unpaired) electrons. The van der Waals surface area contributed by atoms with E-state index in [-0.39, 0.29) is 36.8 Å². The number of benzene rings is 3. The molecule has 1 aliphatic carbocycles. The van der Waals surface area contributed by atoms with Gasteiger partial charge in [-0.15, -0.1) is 11.3 Å². The maximum absolute atomic E-state index is 16.4. The van der Waals surface area contributed by atoms with Crippen LogP contribution < -0.4 is 15.2 Å². The summed E-state index contributed by atoms with van der Waals surface area (Å²) in [6, 6.07) is 18.4. The maximum atomic E-state index is 16.4. The van der Waals surface area contributed by atoms with Crippen LogP contribution in [0.25, 0.3) is 31.7 Å². The maximum Gasteiger partial charge on any atom is 0.510 e. The number of carbonyl (C=O) groups is 2. The summed E-state index contributed by atoms with van der Waals surface area (Å²) in [5.74, 6) is -2.82. The van der Waals surface area contributed by atoms with Crippen molar-refractivity contribution in [3.63, 3.8) is 0 Å². The summed E-state index contributed by atoms with van der Waals surface area (Å²) in [5, 5.41) is 2.63. The molecule has 3 aromatic carbocycles. The van der Waals surface area contributed by atoms with Gasteiger partial charge in [-0.2, -0.15) is 0 Å². The Morgan fingerprint density at radius 2 is 1.81 bits per heavy atom. The third-order valence-electron chi connectivity index (χ3n) is 8.73. The van der Waals surface area contributed by atoms with E-state index in [1.807, 2.05) is 53.5 Å². The van der Waals surface area contributed by atoms with Gasteiger partial charge in [0, 0.05) is 44.9 Å². The van der Waals surface area contributed by atoms with E-state index in [0.717, 1.165) is 39.3 Å². The van der Waals surface area contributed by atoms with Gasteiger partial charge in [0.2, 0.25) is 18.0 Å². The number of halogens is 2. The molecular formula is C34H25F2N3O7S. The Morgan fingerprint density at radius 1 is 1.00 bits per heavy atom. The molecule has 2 atom stereocenters. The molecule has 4 heterocycles. The first-order chi connectivity index (χ1) is 22.9. The third kappa shape index (κ3) is 4.41. The van der Waals surface area contributed by atoms with Crippen LogP contribution in [0.4, 0.5) is 13.6 Å². The predicted molar refractivity (Wildman–Crippen MR) is 168 cm³/mol. The SMILES string of the molecule is COC(=O)OCOc1c2n(ccc1=O)N(C1c3ccccc3-c3sc4ccccc4c3-c3c1ccc(F)c3F)C1COCCN1C2=O. The van der Waals surface area contributed by atoms with E-state index in [4.69, 9.17) is 14.2 Å². The van der Waals surface area contributed by atoms with E-state index < -0.39 is 48.1 Å². The molecule has 0 bridgehead atoms. The van der Waals surface area contributed by atoms with Gasteiger partial charge in [0.25, 0.3) is 5.91 Å². The lowest BCUT2D eigenvalue weighted by molar-refractivity contribution is -0.0208. The van der Waals surface area contributed by atoms with Gasteiger partial charge in [-0.3, -0.25) is 19.3 Å². The molecule has 2 aromatic heterocycles. The molecule has 0 N–H and O–H groups in total. The van der Waals surface area contributed by atoms with Crippen LogP contribution >= 0.6 is 11.3 Å². The fourth-order valence-corrected chi connectivity index (χ4v) is 8.04. The summed E-state index contributed by atoms with van der Waals surface area (Å²) in [7, 11) is 1.13. The molecule has 238 valence electrons. The highest BCUT2D eigenvalue weighted by Crippen LogP contribution is 2.54. The summed E-state index contributed by atoms with van der Waals surface area (Å²) in [6.45, 7) is -0.152. The standard InChI is InChI=1S/C34H25F2N3O7S/c1-43-34(42)46-17-45-31-23(40)12-13-38-30(31)33(41)37-14-15-44-16-25(37)39(38)29-18-6-2-3-7-19(18)32-27(20-8-4-5-9-24(20)47-32)26-21(29)10-11-22(35)28(26)36/h2-13,25,29H,14-17H2,1H3. The number of hydrogen-bond acceptors (Lipinski definition) is 9. The Balaban J connectivity index is 1.42. The number of rotatable bonds is 4. The number of ether oxygens (including phenoxy) is 4. The van der Waals surface area contributed by atoms with Crippen LogP contribution in [0.5, 0.6) is 5.75 Å². The lowest BCUT2D eigenvalue weighted by Crippen LogP contribution is -2.66. The van der Waals surface area contributed by atoms with Crippen LogP contribution in [0.3, 0.4) is 0 Å². The van der Waals surface area contributed by atoms with Crippen LogP contribution in [-0.4, -0.2) is 61.5 Å². The Hall–Kier alpha value is -5.27. The summed E-state index contributed by atoms with van der Waals surface area (Å²) in [6.07, 6.45) is -0.289. The fourth-order valence-electron chi connectivity index (χ4n) is 6.78. The van der Waals surface area contributed by atoms with Crippen LogP contribution in [0.2, 0.25) is 0 Å². The van der Waals surface area contributed by atoms with Crippen LogP contribution in [0, 0.1) is 11.6 Å². The zero-order valence-electron chi connectivity index (χ0n) is 24.8. The van der Waals surface area contributed by atoms with Crippen molar-refractivity contribution in [2.75, 3.05) is 38.7 Å². The highest BCUT2D eigenvalue weighted by atomic mass is 32.1. The summed E-state index contributed by atoms with van der Waals surface area (Å²) in [5.41, 5.74) is 2.01. The first-order valence-corrected chi connectivity index (χ1v) is 15.6. The van der Waals surface area contributed by atoms with Crippen molar-refractivity contribution >= 4 is 33.5 Å². The molecule has 10 nitrogen and oxygen atoms in total. The van der Waals surface area contributed by atoms with Crippen molar-refractivity contribution in [3.05, 3.63) is 112 Å². The Kier molecular flexibility index (Phi) is 6.95. The van der Waals surface area contributed by atoms with Crippen molar-refractivity contribution < 1.29 is 37.3 Å². The van der Waals surface area contributed by atoms with Crippen molar-refractivity contribution in [2.45, 2.75) is 12.2 Å². The van der Waals surface area contributed by atoms with E-state index in [0.29, 0.717) is 11.1 Å². The molecular weight excluding hydrogens is 632 g/mol. The van der Waals surface area contributed by atoms with Crippen molar-refractivity contribution in [2.24, 2.45) is 0 Å². The summed E-state index contributed by atoms with van der Waals surface area (Å²) >= 11 is 1.49. The lowest BCUT2D eigenvalue weighted by Gasteiger charge is -2.51. The molecule has 0 spiro atoms. The quantitative estimate of drug-likeness (QED) is 0.181. The van der Waals surface area contributed by atoms with Gasteiger partial charge in [-0.25, -0.2) is 13.6 Å². The summed E-state index contributed by atoms with van der Waals surface area (Å²) in [4.78, 5) is 41.2. The van der Waals surface area contributed by atoms with E-state index in [1.165, 1.54) is 28.3 Å². The number of amides is 1. The third-order valence-corrected chi connectivity index (χ3v) is 9.94. The van der Waals surface area contributed by atoms with Gasteiger partial charge < -0.3 is 23.8 Å². The van der Waals surface area contributed by atoms with Gasteiger partial charge in [0.1, 0.15) is 6.17 Å². The van der Waals surface area contributed by atoms with Gasteiger partial charge in [-0.05, 0) is 28.8 Å². The molecule has 1 saturated heterocycles. The molecule has 0 saturated carbocycles. The Morgan fingerprint density at radius 3 is 2.66 bits per heavy atom. The van der Waals surface area contributed by atoms with Crippen LogP contribution in [0.15, 0.2) is 77.7 Å². The molecule has 3 aliphatic rings. The van der Waals surface area contributed by atoms with E-state index >= 15 is 8.78 Å². The minimum atomic E-state index is -1.03. The molecule has 47 heavy (non-hydrogen) atoms. The zero-order valence-corrected chi connectivity index (χ0v) is 25.6. The molecule has 2 aliphatic heterocycles. The highest BCUT2D eigenvalue weighted by molar-refractivity contribution is 7.23. The minimum absolute atomic E-state index is 0.0986. The van der Waals surface area contributed by atoms with Gasteiger partial charge in [-0.1, -0.05) is 48.5 Å². The van der Waals surface area contributed by atoms with E-state index in [1.54, 1.807) is 11.0 Å².